The number of esters is 1. The number of rotatable bonds is 6. The Hall–Kier alpha value is -2.08. The molecule has 0 radical (unpaired) electrons. The summed E-state index contributed by atoms with van der Waals surface area (Å²) in [6, 6.07) is 9.58. The predicted octanol–water partition coefficient (Wildman–Crippen LogP) is 3.78. The van der Waals surface area contributed by atoms with E-state index in [1.165, 1.54) is 0 Å². The molecule has 1 aromatic carbocycles. The number of carbonyl (C=O) groups is 2. The average Bonchev–Trinajstić information content (AvgIpc) is 2.60. The maximum atomic E-state index is 12.4. The van der Waals surface area contributed by atoms with Gasteiger partial charge in [0.2, 0.25) is 0 Å². The fourth-order valence-corrected chi connectivity index (χ4v) is 3.21. The number of ether oxygens (including phenoxy) is 3. The van der Waals surface area contributed by atoms with Crippen molar-refractivity contribution in [1.29, 1.82) is 0 Å². The minimum absolute atomic E-state index is 0.0549. The van der Waals surface area contributed by atoms with Crippen LogP contribution in [0.3, 0.4) is 0 Å². The lowest BCUT2D eigenvalue weighted by molar-refractivity contribution is -0.158. The zero-order valence-corrected chi connectivity index (χ0v) is 16.8. The summed E-state index contributed by atoms with van der Waals surface area (Å²) in [5.74, 6) is -0.366. The van der Waals surface area contributed by atoms with E-state index in [9.17, 15) is 9.59 Å². The number of hydrogen-bond donors (Lipinski definition) is 0. The number of carbonyl (C=O) groups excluding carboxylic acids is 2. The molecule has 1 aliphatic rings. The third-order valence-electron chi connectivity index (χ3n) is 4.36. The monoisotopic (exact) mass is 377 g/mol. The van der Waals surface area contributed by atoms with Gasteiger partial charge in [-0.3, -0.25) is 4.79 Å². The quantitative estimate of drug-likeness (QED) is 0.706. The maximum Gasteiger partial charge on any atom is 0.410 e. The highest BCUT2D eigenvalue weighted by molar-refractivity contribution is 5.71. The molecule has 1 unspecified atom stereocenters. The minimum Gasteiger partial charge on any atom is -0.460 e. The van der Waals surface area contributed by atoms with Crippen LogP contribution in [-0.2, 0) is 25.6 Å². The molecule has 2 rings (SSSR count). The van der Waals surface area contributed by atoms with Crippen molar-refractivity contribution in [3.05, 3.63) is 35.9 Å². The molecule has 1 saturated heterocycles. The van der Waals surface area contributed by atoms with Crippen LogP contribution in [0.1, 0.15) is 46.1 Å². The topological polar surface area (TPSA) is 65.1 Å². The van der Waals surface area contributed by atoms with Crippen LogP contribution in [0, 0.1) is 5.92 Å². The number of benzene rings is 1. The second-order valence-corrected chi connectivity index (χ2v) is 7.82. The molecule has 1 aromatic rings. The molecule has 1 heterocycles. The summed E-state index contributed by atoms with van der Waals surface area (Å²) in [6.07, 6.45) is 0.496. The lowest BCUT2D eigenvalue weighted by Crippen LogP contribution is -2.48. The molecule has 6 heteroatoms. The van der Waals surface area contributed by atoms with Crippen molar-refractivity contribution in [1.82, 2.24) is 4.90 Å². The summed E-state index contributed by atoms with van der Waals surface area (Å²) in [5.41, 5.74) is 0.418. The van der Waals surface area contributed by atoms with Crippen molar-refractivity contribution in [2.24, 2.45) is 5.92 Å². The van der Waals surface area contributed by atoms with Crippen LogP contribution >= 0.6 is 0 Å². The maximum absolute atomic E-state index is 12.4. The van der Waals surface area contributed by atoms with Gasteiger partial charge in [-0.1, -0.05) is 30.3 Å². The Morgan fingerprint density at radius 2 is 1.89 bits per heavy atom. The molecule has 150 valence electrons. The number of nitrogens with zero attached hydrogens (tertiary/aromatic N) is 1. The fraction of sp³-hybridized carbons (Fsp3) is 0.619. The summed E-state index contributed by atoms with van der Waals surface area (Å²) < 4.78 is 16.7. The van der Waals surface area contributed by atoms with Gasteiger partial charge in [-0.25, -0.2) is 4.79 Å². The summed E-state index contributed by atoms with van der Waals surface area (Å²) in [6.45, 7) is 9.28. The largest absolute Gasteiger partial charge is 0.460 e. The summed E-state index contributed by atoms with van der Waals surface area (Å²) in [4.78, 5) is 26.4. The van der Waals surface area contributed by atoms with Crippen molar-refractivity contribution < 1.29 is 23.8 Å². The highest BCUT2D eigenvalue weighted by Gasteiger charge is 2.35. The number of likely N-dealkylation sites (tertiary alicyclic amines) is 1. The Kier molecular flexibility index (Phi) is 7.66. The van der Waals surface area contributed by atoms with Crippen molar-refractivity contribution >= 4 is 12.1 Å². The first-order valence-electron chi connectivity index (χ1n) is 9.57. The van der Waals surface area contributed by atoms with Gasteiger partial charge in [0.15, 0.2) is 0 Å². The Morgan fingerprint density at radius 1 is 1.19 bits per heavy atom. The summed E-state index contributed by atoms with van der Waals surface area (Å²) in [7, 11) is 0. The van der Waals surface area contributed by atoms with Crippen LogP contribution in [0.4, 0.5) is 4.79 Å². The summed E-state index contributed by atoms with van der Waals surface area (Å²) in [5, 5.41) is 0. The van der Waals surface area contributed by atoms with Crippen LogP contribution in [0.15, 0.2) is 30.3 Å². The molecule has 0 spiro atoms. The van der Waals surface area contributed by atoms with Gasteiger partial charge in [-0.05, 0) is 39.7 Å². The molecule has 1 fully saturated rings. The molecule has 1 amide bonds. The lowest BCUT2D eigenvalue weighted by atomic mass is 9.91. The SMILES string of the molecule is CCOC1CCN(C(=O)OCc2ccccc2)C[C@H]1CC(=O)OC(C)(C)C. The molecule has 6 nitrogen and oxygen atoms in total. The first-order valence-corrected chi connectivity index (χ1v) is 9.57. The number of piperidine rings is 1. The van der Waals surface area contributed by atoms with Crippen molar-refractivity contribution in [2.75, 3.05) is 19.7 Å². The average molecular weight is 377 g/mol. The Morgan fingerprint density at radius 3 is 2.52 bits per heavy atom. The fourth-order valence-electron chi connectivity index (χ4n) is 3.21. The zero-order valence-electron chi connectivity index (χ0n) is 16.8. The zero-order chi connectivity index (χ0) is 19.9. The van der Waals surface area contributed by atoms with Gasteiger partial charge in [-0.2, -0.15) is 0 Å². The Labute approximate surface area is 161 Å². The highest BCUT2D eigenvalue weighted by atomic mass is 16.6. The molecular weight excluding hydrogens is 346 g/mol. The van der Waals surface area contributed by atoms with E-state index in [-0.39, 0.29) is 37.1 Å². The molecule has 0 aromatic heterocycles. The van der Waals surface area contributed by atoms with Gasteiger partial charge in [0.1, 0.15) is 12.2 Å². The molecule has 27 heavy (non-hydrogen) atoms. The van der Waals surface area contributed by atoms with E-state index in [1.807, 2.05) is 58.0 Å². The van der Waals surface area contributed by atoms with Crippen molar-refractivity contribution in [3.63, 3.8) is 0 Å². The van der Waals surface area contributed by atoms with Crippen LogP contribution in [0.25, 0.3) is 0 Å². The summed E-state index contributed by atoms with van der Waals surface area (Å²) >= 11 is 0. The van der Waals surface area contributed by atoms with Crippen LogP contribution in [0.2, 0.25) is 0 Å². The van der Waals surface area contributed by atoms with E-state index in [0.717, 1.165) is 5.56 Å². The molecular formula is C21H31NO5. The molecule has 0 aliphatic carbocycles. The molecule has 2 atom stereocenters. The predicted molar refractivity (Wildman–Crippen MR) is 102 cm³/mol. The minimum atomic E-state index is -0.527. The number of amides is 1. The first kappa shape index (κ1) is 21.2. The lowest BCUT2D eigenvalue weighted by Gasteiger charge is -2.37. The Balaban J connectivity index is 1.93. The normalized spacial score (nSPS) is 20.2. The van der Waals surface area contributed by atoms with E-state index in [0.29, 0.717) is 26.1 Å². The third kappa shape index (κ3) is 7.21. The van der Waals surface area contributed by atoms with Crippen LogP contribution < -0.4 is 0 Å². The van der Waals surface area contributed by atoms with E-state index in [2.05, 4.69) is 0 Å². The van der Waals surface area contributed by atoms with Gasteiger partial charge in [0, 0.05) is 25.6 Å². The molecule has 1 aliphatic heterocycles. The van der Waals surface area contributed by atoms with Gasteiger partial charge in [0.05, 0.1) is 12.5 Å². The van der Waals surface area contributed by atoms with Gasteiger partial charge < -0.3 is 19.1 Å². The standard InChI is InChI=1S/C21H31NO5/c1-5-25-18-11-12-22(14-17(18)13-19(23)27-21(2,3)4)20(24)26-15-16-9-7-6-8-10-16/h6-10,17-18H,5,11-15H2,1-4H3/t17-,18?/m1/s1. The van der Waals surface area contributed by atoms with E-state index in [1.54, 1.807) is 4.90 Å². The van der Waals surface area contributed by atoms with E-state index >= 15 is 0 Å². The molecule has 0 saturated carbocycles. The van der Waals surface area contributed by atoms with Crippen molar-refractivity contribution in [3.8, 4) is 0 Å². The van der Waals surface area contributed by atoms with E-state index < -0.39 is 5.60 Å². The second-order valence-electron chi connectivity index (χ2n) is 7.82. The molecule has 0 N–H and O–H groups in total. The van der Waals surface area contributed by atoms with Crippen LogP contribution in [-0.4, -0.2) is 48.4 Å². The first-order chi connectivity index (χ1) is 12.8. The Bertz CT molecular complexity index is 611. The smallest absolute Gasteiger partial charge is 0.410 e. The second kappa shape index (κ2) is 9.74. The highest BCUT2D eigenvalue weighted by Crippen LogP contribution is 2.25. The molecule has 0 bridgehead atoms. The van der Waals surface area contributed by atoms with Crippen LogP contribution in [0.5, 0.6) is 0 Å². The van der Waals surface area contributed by atoms with E-state index in [4.69, 9.17) is 14.2 Å². The van der Waals surface area contributed by atoms with Crippen molar-refractivity contribution in [2.45, 2.75) is 58.8 Å². The number of hydrogen-bond acceptors (Lipinski definition) is 5. The third-order valence-corrected chi connectivity index (χ3v) is 4.36. The van der Waals surface area contributed by atoms with Gasteiger partial charge >= 0.3 is 12.1 Å². The van der Waals surface area contributed by atoms with Gasteiger partial charge in [-0.15, -0.1) is 0 Å². The van der Waals surface area contributed by atoms with Gasteiger partial charge in [0.25, 0.3) is 0 Å².